The Kier molecular flexibility index (Phi) is 4.21. The topological polar surface area (TPSA) is 41.6 Å². The number of carbonyl (C=O) groups excluding carboxylic acids is 1. The molecule has 2 atom stereocenters. The molecule has 108 valence electrons. The number of hydrogen-bond donors (Lipinski definition) is 1. The lowest BCUT2D eigenvalue weighted by atomic mass is 10.0. The molecule has 0 bridgehead atoms. The first-order valence-corrected chi connectivity index (χ1v) is 7.55. The Hall–Kier alpha value is -1.55. The van der Waals surface area contributed by atoms with Gasteiger partial charge in [0.05, 0.1) is 6.04 Å². The Balaban J connectivity index is 1.55. The summed E-state index contributed by atoms with van der Waals surface area (Å²) in [6.45, 7) is 2.27. The van der Waals surface area contributed by atoms with Gasteiger partial charge in [-0.1, -0.05) is 30.3 Å². The molecule has 1 unspecified atom stereocenters. The number of amides is 1. The molecule has 2 saturated heterocycles. The van der Waals surface area contributed by atoms with Crippen LogP contribution in [0.1, 0.15) is 31.2 Å². The van der Waals surface area contributed by atoms with Crippen LogP contribution in [0, 0.1) is 0 Å². The van der Waals surface area contributed by atoms with Gasteiger partial charge in [-0.05, 0) is 37.8 Å². The maximum absolute atomic E-state index is 12.3. The van der Waals surface area contributed by atoms with Crippen LogP contribution in [0.4, 0.5) is 4.79 Å². The number of benzene rings is 1. The molecule has 0 spiro atoms. The lowest BCUT2D eigenvalue weighted by Crippen LogP contribution is -2.46. The van der Waals surface area contributed by atoms with Gasteiger partial charge < -0.3 is 15.0 Å². The van der Waals surface area contributed by atoms with Crippen LogP contribution in [-0.2, 0) is 11.3 Å². The van der Waals surface area contributed by atoms with E-state index in [1.807, 2.05) is 35.2 Å². The average Bonchev–Trinajstić information content (AvgIpc) is 3.15. The molecule has 4 nitrogen and oxygen atoms in total. The minimum Gasteiger partial charge on any atom is -0.445 e. The van der Waals surface area contributed by atoms with Crippen molar-refractivity contribution in [3.63, 3.8) is 0 Å². The van der Waals surface area contributed by atoms with Crippen molar-refractivity contribution in [1.29, 1.82) is 0 Å². The van der Waals surface area contributed by atoms with Crippen molar-refractivity contribution in [1.82, 2.24) is 10.2 Å². The van der Waals surface area contributed by atoms with E-state index < -0.39 is 0 Å². The molecule has 2 aliphatic rings. The second-order valence-corrected chi connectivity index (χ2v) is 5.65. The van der Waals surface area contributed by atoms with Crippen molar-refractivity contribution in [2.24, 2.45) is 0 Å². The molecule has 1 aromatic rings. The summed E-state index contributed by atoms with van der Waals surface area (Å²) in [6, 6.07) is 10.6. The van der Waals surface area contributed by atoms with Crippen molar-refractivity contribution in [2.45, 2.75) is 44.4 Å². The molecule has 0 aliphatic carbocycles. The van der Waals surface area contributed by atoms with Crippen LogP contribution in [0.25, 0.3) is 0 Å². The van der Waals surface area contributed by atoms with Crippen LogP contribution in [0.3, 0.4) is 0 Å². The predicted molar refractivity (Wildman–Crippen MR) is 77.4 cm³/mol. The summed E-state index contributed by atoms with van der Waals surface area (Å²) in [5, 5.41) is 3.51. The van der Waals surface area contributed by atoms with E-state index in [0.717, 1.165) is 31.5 Å². The van der Waals surface area contributed by atoms with Crippen molar-refractivity contribution >= 4 is 6.09 Å². The van der Waals surface area contributed by atoms with Crippen molar-refractivity contribution < 1.29 is 9.53 Å². The highest BCUT2D eigenvalue weighted by Gasteiger charge is 2.36. The molecule has 2 fully saturated rings. The van der Waals surface area contributed by atoms with Gasteiger partial charge in [0.2, 0.25) is 0 Å². The smallest absolute Gasteiger partial charge is 0.410 e. The van der Waals surface area contributed by atoms with Gasteiger partial charge >= 0.3 is 6.09 Å². The molecule has 1 aromatic carbocycles. The lowest BCUT2D eigenvalue weighted by Gasteiger charge is -2.28. The molecular weight excluding hydrogens is 252 g/mol. The number of rotatable bonds is 3. The summed E-state index contributed by atoms with van der Waals surface area (Å²) in [5.74, 6) is 0. The van der Waals surface area contributed by atoms with E-state index in [1.165, 1.54) is 12.8 Å². The largest absolute Gasteiger partial charge is 0.445 e. The second-order valence-electron chi connectivity index (χ2n) is 5.65. The highest BCUT2D eigenvalue weighted by molar-refractivity contribution is 5.68. The molecule has 20 heavy (non-hydrogen) atoms. The average molecular weight is 274 g/mol. The Bertz CT molecular complexity index is 443. The molecule has 0 radical (unpaired) electrons. The number of ether oxygens (including phenoxy) is 1. The van der Waals surface area contributed by atoms with Gasteiger partial charge in [-0.3, -0.25) is 0 Å². The van der Waals surface area contributed by atoms with E-state index >= 15 is 0 Å². The number of carbonyl (C=O) groups is 1. The van der Waals surface area contributed by atoms with Crippen molar-refractivity contribution in [3.8, 4) is 0 Å². The van der Waals surface area contributed by atoms with E-state index in [9.17, 15) is 4.79 Å². The molecule has 2 aliphatic heterocycles. The first-order valence-electron chi connectivity index (χ1n) is 7.55. The standard InChI is InChI=1S/C16H22N2O2/c19-16(20-12-13-6-2-1-3-7-13)18-11-5-9-15(18)14-8-4-10-17-14/h1-3,6-7,14-15,17H,4-5,8-12H2/t14?,15-/m0/s1. The summed E-state index contributed by atoms with van der Waals surface area (Å²) >= 11 is 0. The fourth-order valence-electron chi connectivity index (χ4n) is 3.28. The fourth-order valence-corrected chi connectivity index (χ4v) is 3.28. The maximum Gasteiger partial charge on any atom is 0.410 e. The third-order valence-corrected chi connectivity index (χ3v) is 4.30. The van der Waals surface area contributed by atoms with Gasteiger partial charge in [-0.25, -0.2) is 4.79 Å². The molecule has 1 N–H and O–H groups in total. The first-order chi connectivity index (χ1) is 9.84. The van der Waals surface area contributed by atoms with Gasteiger partial charge in [0.15, 0.2) is 0 Å². The molecule has 1 amide bonds. The molecule has 2 heterocycles. The van der Waals surface area contributed by atoms with E-state index in [0.29, 0.717) is 18.7 Å². The van der Waals surface area contributed by atoms with E-state index in [1.54, 1.807) is 0 Å². The van der Waals surface area contributed by atoms with Gasteiger partial charge in [-0.2, -0.15) is 0 Å². The van der Waals surface area contributed by atoms with Crippen LogP contribution in [0.2, 0.25) is 0 Å². The summed E-state index contributed by atoms with van der Waals surface area (Å²) in [7, 11) is 0. The minimum absolute atomic E-state index is 0.162. The van der Waals surface area contributed by atoms with Crippen LogP contribution in [0.5, 0.6) is 0 Å². The first kappa shape index (κ1) is 13.4. The third-order valence-electron chi connectivity index (χ3n) is 4.30. The van der Waals surface area contributed by atoms with Crippen molar-refractivity contribution in [2.75, 3.05) is 13.1 Å². The summed E-state index contributed by atoms with van der Waals surface area (Å²) in [5.41, 5.74) is 1.04. The number of likely N-dealkylation sites (tertiary alicyclic amines) is 1. The Morgan fingerprint density at radius 3 is 2.85 bits per heavy atom. The zero-order valence-corrected chi connectivity index (χ0v) is 11.8. The molecular formula is C16H22N2O2. The molecule has 3 rings (SSSR count). The Morgan fingerprint density at radius 1 is 1.25 bits per heavy atom. The highest BCUT2D eigenvalue weighted by atomic mass is 16.6. The highest BCUT2D eigenvalue weighted by Crippen LogP contribution is 2.25. The van der Waals surface area contributed by atoms with Crippen LogP contribution >= 0.6 is 0 Å². The zero-order valence-electron chi connectivity index (χ0n) is 11.8. The summed E-state index contributed by atoms with van der Waals surface area (Å²) in [6.07, 6.45) is 4.41. The van der Waals surface area contributed by atoms with E-state index in [-0.39, 0.29) is 6.09 Å². The molecule has 4 heteroatoms. The number of nitrogens with zero attached hydrogens (tertiary/aromatic N) is 1. The Morgan fingerprint density at radius 2 is 2.10 bits per heavy atom. The van der Waals surface area contributed by atoms with Crippen LogP contribution in [-0.4, -0.2) is 36.2 Å². The lowest BCUT2D eigenvalue weighted by molar-refractivity contribution is 0.0868. The van der Waals surface area contributed by atoms with Gasteiger partial charge in [0, 0.05) is 12.6 Å². The molecule has 0 aromatic heterocycles. The normalized spacial score (nSPS) is 25.9. The predicted octanol–water partition coefficient (Wildman–Crippen LogP) is 2.54. The maximum atomic E-state index is 12.3. The van der Waals surface area contributed by atoms with Crippen LogP contribution < -0.4 is 5.32 Å². The summed E-state index contributed by atoms with van der Waals surface area (Å²) in [4.78, 5) is 14.2. The van der Waals surface area contributed by atoms with E-state index in [2.05, 4.69) is 5.32 Å². The van der Waals surface area contributed by atoms with Crippen LogP contribution in [0.15, 0.2) is 30.3 Å². The van der Waals surface area contributed by atoms with E-state index in [4.69, 9.17) is 4.74 Å². The molecule has 0 saturated carbocycles. The van der Waals surface area contributed by atoms with Gasteiger partial charge in [0.25, 0.3) is 0 Å². The minimum atomic E-state index is -0.162. The van der Waals surface area contributed by atoms with Gasteiger partial charge in [0.1, 0.15) is 6.61 Å². The number of hydrogen-bond acceptors (Lipinski definition) is 3. The fraction of sp³-hybridized carbons (Fsp3) is 0.562. The van der Waals surface area contributed by atoms with Crippen molar-refractivity contribution in [3.05, 3.63) is 35.9 Å². The summed E-state index contributed by atoms with van der Waals surface area (Å²) < 4.78 is 5.46. The Labute approximate surface area is 120 Å². The monoisotopic (exact) mass is 274 g/mol. The second kappa shape index (κ2) is 6.27. The SMILES string of the molecule is O=C(OCc1ccccc1)N1CCC[C@H]1C1CCCN1. The zero-order chi connectivity index (χ0) is 13.8. The number of nitrogens with one attached hydrogen (secondary N) is 1. The quantitative estimate of drug-likeness (QED) is 0.921. The van der Waals surface area contributed by atoms with Gasteiger partial charge in [-0.15, -0.1) is 0 Å². The third kappa shape index (κ3) is 2.96.